The molecule has 0 fully saturated rings. The van der Waals surface area contributed by atoms with Crippen molar-refractivity contribution >= 4 is 38.9 Å². The van der Waals surface area contributed by atoms with E-state index in [1.807, 2.05) is 17.9 Å². The van der Waals surface area contributed by atoms with Gasteiger partial charge in [0.05, 0.1) is 5.88 Å². The summed E-state index contributed by atoms with van der Waals surface area (Å²) in [5.74, 6) is 0.978. The van der Waals surface area contributed by atoms with Gasteiger partial charge in [-0.15, -0.1) is 11.6 Å². The van der Waals surface area contributed by atoms with E-state index in [1.54, 1.807) is 34.4 Å². The van der Waals surface area contributed by atoms with Crippen molar-refractivity contribution in [2.75, 3.05) is 25.3 Å². The monoisotopic (exact) mass is 676 g/mol. The van der Waals surface area contributed by atoms with E-state index < -0.39 is 36.6 Å². The normalized spacial score (nSPS) is 13.9. The Hall–Kier alpha value is -2.46. The number of phenolic OH excluding ortho intramolecular Hbond substituents is 1. The van der Waals surface area contributed by atoms with Gasteiger partial charge in [-0.25, -0.2) is 0 Å². The van der Waals surface area contributed by atoms with Crippen molar-refractivity contribution in [1.82, 2.24) is 4.72 Å². The third-order valence-corrected chi connectivity index (χ3v) is 8.05. The molecular weight excluding hydrogens is 652 g/mol. The van der Waals surface area contributed by atoms with Crippen molar-refractivity contribution in [3.05, 3.63) is 72.1 Å². The molecule has 37 heavy (non-hydrogen) atoms. The van der Waals surface area contributed by atoms with Crippen LogP contribution in [0.15, 0.2) is 55.4 Å². The summed E-state index contributed by atoms with van der Waals surface area (Å²) in [6.07, 6.45) is 2.85. The van der Waals surface area contributed by atoms with Gasteiger partial charge in [0, 0.05) is 0 Å². The van der Waals surface area contributed by atoms with Crippen LogP contribution in [0.25, 0.3) is 0 Å². The van der Waals surface area contributed by atoms with Crippen molar-refractivity contribution in [1.29, 1.82) is 5.26 Å². The summed E-state index contributed by atoms with van der Waals surface area (Å²) >= 11 is 11.6. The molecule has 0 saturated carbocycles. The second kappa shape index (κ2) is 12.4. The molecule has 0 spiro atoms. The minimum absolute atomic E-state index is 0.0114. The van der Waals surface area contributed by atoms with Gasteiger partial charge in [-0.05, 0) is 0 Å². The molecule has 0 bridgehead atoms. The fourth-order valence-corrected chi connectivity index (χ4v) is 5.91. The zero-order valence-corrected chi connectivity index (χ0v) is 24.7. The van der Waals surface area contributed by atoms with Gasteiger partial charge in [0.25, 0.3) is 0 Å². The number of hydrogen-bond donors (Lipinski definition) is 2. The summed E-state index contributed by atoms with van der Waals surface area (Å²) in [5, 5.41) is 20.4. The maximum absolute atomic E-state index is 11.6. The van der Waals surface area contributed by atoms with Crippen LogP contribution in [0.4, 0.5) is 0 Å². The number of ether oxygens (including phenoxy) is 2. The Morgan fingerprint density at radius 2 is 1.97 bits per heavy atom. The Balaban J connectivity index is 1.88. The predicted octanol–water partition coefficient (Wildman–Crippen LogP) is 1.64. The molecule has 0 amide bonds. The molecular formula is C25H25Cl2IN3O5S-. The molecule has 2 aromatic carbocycles. The SMILES string of the molecule is CC(C)(c1cc(Cl)c(OCCCl)c(C#N)c1)c1ccc(O)c(OCC2=NC(NS(C)(=O)=O)=C[I-]C=C2)c1. The summed E-state index contributed by atoms with van der Waals surface area (Å²) in [6, 6.07) is 10.6. The molecule has 0 unspecified atom stereocenters. The quantitative estimate of drug-likeness (QED) is 0.292. The van der Waals surface area contributed by atoms with E-state index in [0.29, 0.717) is 16.3 Å². The molecule has 0 saturated heterocycles. The first-order chi connectivity index (χ1) is 17.4. The molecule has 1 heterocycles. The van der Waals surface area contributed by atoms with Crippen LogP contribution in [0, 0.1) is 11.3 Å². The summed E-state index contributed by atoms with van der Waals surface area (Å²) in [6.45, 7) is 4.16. The van der Waals surface area contributed by atoms with Gasteiger partial charge in [0.1, 0.15) is 12.7 Å². The van der Waals surface area contributed by atoms with Gasteiger partial charge in [-0.1, -0.05) is 11.6 Å². The average molecular weight is 677 g/mol. The molecule has 2 aromatic rings. The first-order valence-electron chi connectivity index (χ1n) is 10.9. The first-order valence-corrected chi connectivity index (χ1v) is 16.2. The molecule has 0 aromatic heterocycles. The molecule has 0 radical (unpaired) electrons. The fraction of sp³-hybridized carbons (Fsp3) is 0.280. The van der Waals surface area contributed by atoms with Gasteiger partial charge in [-0.3, -0.25) is 0 Å². The number of alkyl halides is 1. The van der Waals surface area contributed by atoms with Gasteiger partial charge in [-0.2, -0.15) is 5.26 Å². The number of rotatable bonds is 10. The van der Waals surface area contributed by atoms with E-state index >= 15 is 0 Å². The fourth-order valence-electron chi connectivity index (χ4n) is 3.40. The van der Waals surface area contributed by atoms with Crippen molar-refractivity contribution < 1.29 is 44.2 Å². The van der Waals surface area contributed by atoms with Gasteiger partial charge >= 0.3 is 181 Å². The number of sulfonamides is 1. The molecule has 0 atom stereocenters. The van der Waals surface area contributed by atoms with Crippen LogP contribution in [0.2, 0.25) is 5.02 Å². The number of nitrogens with one attached hydrogen (secondary N) is 1. The second-order valence-corrected chi connectivity index (χ2v) is 13.1. The number of aromatic hydroxyl groups is 1. The number of halogens is 3. The number of hydrogen-bond acceptors (Lipinski definition) is 7. The van der Waals surface area contributed by atoms with E-state index in [4.69, 9.17) is 32.7 Å². The Kier molecular flexibility index (Phi) is 9.74. The van der Waals surface area contributed by atoms with E-state index in [0.717, 1.165) is 17.4 Å². The number of benzene rings is 2. The predicted molar refractivity (Wildman–Crippen MR) is 141 cm³/mol. The topological polar surface area (TPSA) is 121 Å². The summed E-state index contributed by atoms with van der Waals surface area (Å²) < 4.78 is 40.7. The molecule has 1 aliphatic rings. The summed E-state index contributed by atoms with van der Waals surface area (Å²) in [5.41, 5.74) is 1.75. The third kappa shape index (κ3) is 7.77. The number of nitrogens with zero attached hydrogens (tertiary/aromatic N) is 2. The van der Waals surface area contributed by atoms with Crippen LogP contribution in [-0.2, 0) is 15.4 Å². The van der Waals surface area contributed by atoms with Crippen LogP contribution in [-0.4, -0.2) is 44.6 Å². The van der Waals surface area contributed by atoms with Gasteiger partial charge in [0.2, 0.25) is 0 Å². The second-order valence-electron chi connectivity index (χ2n) is 8.47. The summed E-state index contributed by atoms with van der Waals surface area (Å²) in [7, 11) is -3.46. The van der Waals surface area contributed by atoms with Crippen molar-refractivity contribution in [3.8, 4) is 23.3 Å². The molecule has 1 aliphatic heterocycles. The van der Waals surface area contributed by atoms with Crippen LogP contribution >= 0.6 is 23.2 Å². The van der Waals surface area contributed by atoms with E-state index in [-0.39, 0.29) is 42.2 Å². The Morgan fingerprint density at radius 1 is 1.22 bits per heavy atom. The standard InChI is InChI=1S/C25H25Cl2IN3O5S/c1-25(2,18-10-16(14-29)24(20(27)11-18)35-9-7-26)17-4-5-21(32)22(12-17)36-15-19-6-8-28-13-23(30-19)31-37(3,33)34/h4-6,8,10-13,31-32H,7,9,15H2,1-3H3/q-1. The number of nitriles is 1. The molecule has 198 valence electrons. The molecule has 8 nitrogen and oxygen atoms in total. The van der Waals surface area contributed by atoms with Gasteiger partial charge < -0.3 is 4.74 Å². The van der Waals surface area contributed by atoms with Crippen LogP contribution in [0.3, 0.4) is 0 Å². The Labute approximate surface area is 236 Å². The van der Waals surface area contributed by atoms with Gasteiger partial charge in [0.15, 0.2) is 5.75 Å². The van der Waals surface area contributed by atoms with Crippen LogP contribution in [0.5, 0.6) is 17.2 Å². The summed E-state index contributed by atoms with van der Waals surface area (Å²) in [4.78, 5) is 4.34. The van der Waals surface area contributed by atoms with Crippen molar-refractivity contribution in [2.45, 2.75) is 19.3 Å². The Morgan fingerprint density at radius 3 is 2.65 bits per heavy atom. The van der Waals surface area contributed by atoms with Crippen molar-refractivity contribution in [3.63, 3.8) is 0 Å². The maximum atomic E-state index is 11.6. The minimum atomic E-state index is -3.46. The number of phenols is 1. The molecule has 12 heteroatoms. The molecule has 0 aliphatic carbocycles. The Bertz CT molecular complexity index is 1420. The zero-order chi connectivity index (χ0) is 27.2. The third-order valence-electron chi connectivity index (χ3n) is 5.31. The first kappa shape index (κ1) is 29.1. The number of aliphatic imine (C=N–C) groups is 1. The van der Waals surface area contributed by atoms with E-state index in [2.05, 4.69) is 15.8 Å². The molecule has 2 N–H and O–H groups in total. The average Bonchev–Trinajstić information content (AvgIpc) is 3.05. The zero-order valence-electron chi connectivity index (χ0n) is 20.3. The molecule has 3 rings (SSSR count). The van der Waals surface area contributed by atoms with Crippen LogP contribution in [0.1, 0.15) is 30.5 Å². The van der Waals surface area contributed by atoms with Crippen molar-refractivity contribution in [2.24, 2.45) is 4.99 Å². The van der Waals surface area contributed by atoms with E-state index in [1.165, 1.54) is 6.07 Å². The van der Waals surface area contributed by atoms with E-state index in [9.17, 15) is 18.8 Å². The van der Waals surface area contributed by atoms with Crippen LogP contribution < -0.4 is 35.4 Å².